The summed E-state index contributed by atoms with van der Waals surface area (Å²) in [6, 6.07) is 5.88. The van der Waals surface area contributed by atoms with E-state index in [9.17, 15) is 14.7 Å². The average Bonchev–Trinajstić information content (AvgIpc) is 2.64. The van der Waals surface area contributed by atoms with Crippen LogP contribution in [0.5, 0.6) is 0 Å². The van der Waals surface area contributed by atoms with Crippen molar-refractivity contribution in [3.05, 3.63) is 35.9 Å². The molecule has 1 fully saturated rings. The van der Waals surface area contributed by atoms with Gasteiger partial charge in [0.15, 0.2) is 0 Å². The van der Waals surface area contributed by atoms with Crippen molar-refractivity contribution in [2.24, 2.45) is 17.8 Å². The van der Waals surface area contributed by atoms with Crippen LogP contribution in [0.4, 0.5) is 0 Å². The monoisotopic (exact) mass is 325 g/mol. The van der Waals surface area contributed by atoms with Crippen LogP contribution in [0.1, 0.15) is 55.9 Å². The zero-order valence-corrected chi connectivity index (χ0v) is 12.8. The molecule has 126 valence electrons. The smallest absolute Gasteiger partial charge is 0.326 e. The number of carboxylic acids is 1. The molecule has 1 aromatic rings. The van der Waals surface area contributed by atoms with E-state index in [1.807, 2.05) is 0 Å². The summed E-state index contributed by atoms with van der Waals surface area (Å²) < 4.78 is 62.0. The fourth-order valence-electron chi connectivity index (χ4n) is 2.84. The lowest BCUT2D eigenvalue weighted by Crippen LogP contribution is -2.45. The molecule has 23 heavy (non-hydrogen) atoms. The molecule has 4 heteroatoms. The minimum atomic E-state index is -2.65. The number of benzene rings is 1. The highest BCUT2D eigenvalue weighted by molar-refractivity contribution is 5.85. The summed E-state index contributed by atoms with van der Waals surface area (Å²) in [5.41, 5.74) is 0.115. The van der Waals surface area contributed by atoms with Crippen LogP contribution in [-0.4, -0.2) is 23.0 Å². The standard InChI is InChI=1S/C19H27NO3/c1-13(2)15-8-10-16(11-9-15)18(21)20-17(19(22)23)12-14-6-4-3-5-7-14/h3-7,13,15-17H,8-12H2,1-2H3,(H,20,21)(H,22,23)/t15-,16-,17-/m1/s1/i1D3,2D3,12D2. The number of aliphatic carboxylic acids is 1. The van der Waals surface area contributed by atoms with Crippen LogP contribution in [0.2, 0.25) is 0 Å². The van der Waals surface area contributed by atoms with Gasteiger partial charge >= 0.3 is 5.97 Å². The summed E-state index contributed by atoms with van der Waals surface area (Å²) in [6.45, 7) is -5.30. The van der Waals surface area contributed by atoms with E-state index in [0.29, 0.717) is 0 Å². The number of rotatable bonds is 6. The highest BCUT2D eigenvalue weighted by Gasteiger charge is 2.30. The molecule has 0 spiro atoms. The molecule has 0 aliphatic heterocycles. The molecule has 0 unspecified atom stereocenters. The molecule has 1 aromatic carbocycles. The third kappa shape index (κ3) is 5.08. The Bertz CT molecular complexity index is 757. The lowest BCUT2D eigenvalue weighted by Gasteiger charge is -2.30. The fourth-order valence-corrected chi connectivity index (χ4v) is 2.84. The second-order valence-corrected chi connectivity index (χ2v) is 5.88. The third-order valence-electron chi connectivity index (χ3n) is 4.23. The summed E-state index contributed by atoms with van der Waals surface area (Å²) >= 11 is 0. The van der Waals surface area contributed by atoms with Crippen molar-refractivity contribution < 1.29 is 25.7 Å². The first kappa shape index (κ1) is 9.45. The van der Waals surface area contributed by atoms with Gasteiger partial charge in [-0.15, -0.1) is 0 Å². The normalized spacial score (nSPS) is 29.4. The van der Waals surface area contributed by atoms with E-state index >= 15 is 0 Å². The molecule has 1 amide bonds. The quantitative estimate of drug-likeness (QED) is 0.843. The van der Waals surface area contributed by atoms with Crippen LogP contribution in [0.15, 0.2) is 30.3 Å². The van der Waals surface area contributed by atoms with Crippen molar-refractivity contribution in [1.82, 2.24) is 5.32 Å². The molecular weight excluding hydrogens is 290 g/mol. The maximum absolute atomic E-state index is 12.7. The van der Waals surface area contributed by atoms with Crippen LogP contribution < -0.4 is 5.32 Å². The Morgan fingerprint density at radius 1 is 1.26 bits per heavy atom. The number of carbonyl (C=O) groups excluding carboxylic acids is 1. The lowest BCUT2D eigenvalue weighted by molar-refractivity contribution is -0.142. The van der Waals surface area contributed by atoms with Gasteiger partial charge in [-0.3, -0.25) is 4.79 Å². The van der Waals surface area contributed by atoms with Crippen molar-refractivity contribution >= 4 is 11.9 Å². The predicted molar refractivity (Wildman–Crippen MR) is 90.0 cm³/mol. The third-order valence-corrected chi connectivity index (χ3v) is 4.23. The minimum absolute atomic E-state index is 0.115. The molecule has 0 radical (unpaired) electrons. The number of carboxylic acid groups (broad SMARTS) is 1. The van der Waals surface area contributed by atoms with E-state index < -0.39 is 55.7 Å². The summed E-state index contributed by atoms with van der Waals surface area (Å²) in [6.07, 6.45) is -1.51. The van der Waals surface area contributed by atoms with Crippen LogP contribution in [-0.2, 0) is 16.0 Å². The lowest BCUT2D eigenvalue weighted by atomic mass is 9.76. The average molecular weight is 325 g/mol. The second-order valence-electron chi connectivity index (χ2n) is 5.88. The van der Waals surface area contributed by atoms with Crippen molar-refractivity contribution in [3.63, 3.8) is 0 Å². The molecule has 1 atom stereocenters. The Hall–Kier alpha value is -1.84. The zero-order valence-electron chi connectivity index (χ0n) is 20.8. The van der Waals surface area contributed by atoms with Crippen molar-refractivity contribution in [3.8, 4) is 0 Å². The maximum Gasteiger partial charge on any atom is 0.326 e. The van der Waals surface area contributed by atoms with Gasteiger partial charge in [-0.25, -0.2) is 4.79 Å². The number of nitrogens with one attached hydrogen (secondary N) is 1. The largest absolute Gasteiger partial charge is 0.480 e. The first-order chi connectivity index (χ1) is 14.2. The predicted octanol–water partition coefficient (Wildman–Crippen LogP) is 3.26. The van der Waals surface area contributed by atoms with E-state index in [2.05, 4.69) is 5.32 Å². The number of carbonyl (C=O) groups is 2. The highest BCUT2D eigenvalue weighted by atomic mass is 16.4. The molecule has 0 bridgehead atoms. The number of amides is 1. The van der Waals surface area contributed by atoms with Gasteiger partial charge in [-0.2, -0.15) is 0 Å². The molecule has 0 saturated heterocycles. The Morgan fingerprint density at radius 2 is 1.91 bits per heavy atom. The van der Waals surface area contributed by atoms with Crippen LogP contribution in [0.3, 0.4) is 0 Å². The van der Waals surface area contributed by atoms with Gasteiger partial charge < -0.3 is 10.4 Å². The molecule has 1 aliphatic carbocycles. The molecule has 0 aromatic heterocycles. The minimum Gasteiger partial charge on any atom is -0.480 e. The molecule has 0 heterocycles. The zero-order chi connectivity index (χ0) is 23.6. The molecular formula is C19H27NO3. The van der Waals surface area contributed by atoms with Crippen molar-refractivity contribution in [2.45, 2.75) is 51.8 Å². The van der Waals surface area contributed by atoms with E-state index in [0.717, 1.165) is 0 Å². The number of hydrogen-bond donors (Lipinski definition) is 2. The maximum atomic E-state index is 12.7. The van der Waals surface area contributed by atoms with Gasteiger partial charge in [-0.05, 0) is 43.1 Å². The van der Waals surface area contributed by atoms with Crippen LogP contribution in [0.25, 0.3) is 0 Å². The Balaban J connectivity index is 2.09. The van der Waals surface area contributed by atoms with Gasteiger partial charge in [0.05, 0.1) is 0 Å². The van der Waals surface area contributed by atoms with Crippen molar-refractivity contribution in [2.75, 3.05) is 0 Å². The molecule has 1 saturated carbocycles. The summed E-state index contributed by atoms with van der Waals surface area (Å²) in [7, 11) is 0. The first-order valence-corrected chi connectivity index (χ1v) is 7.74. The summed E-state index contributed by atoms with van der Waals surface area (Å²) in [5.74, 6) is -4.87. The molecule has 4 nitrogen and oxygen atoms in total. The van der Waals surface area contributed by atoms with Gasteiger partial charge in [0.2, 0.25) is 5.91 Å². The van der Waals surface area contributed by atoms with Crippen LogP contribution >= 0.6 is 0 Å². The SMILES string of the molecule is [2H]C([2H])([2H])C([C@H]1CC[C@H](C(=O)N[C@@H](C(=O)O)C([2H])([2H])c2ccccc2)CC1)C([2H])([2H])[2H]. The van der Waals surface area contributed by atoms with Gasteiger partial charge in [0.25, 0.3) is 0 Å². The van der Waals surface area contributed by atoms with Gasteiger partial charge in [0, 0.05) is 23.3 Å². The Kier molecular flexibility index (Phi) is 3.34. The second kappa shape index (κ2) is 8.14. The molecule has 2 N–H and O–H groups in total. The van der Waals surface area contributed by atoms with E-state index in [4.69, 9.17) is 11.0 Å². The Labute approximate surface area is 149 Å². The number of hydrogen-bond acceptors (Lipinski definition) is 2. The fraction of sp³-hybridized carbons (Fsp3) is 0.579. The van der Waals surface area contributed by atoms with E-state index in [-0.39, 0.29) is 31.2 Å². The summed E-state index contributed by atoms with van der Waals surface area (Å²) in [4.78, 5) is 24.4. The van der Waals surface area contributed by atoms with Crippen LogP contribution in [0, 0.1) is 17.8 Å². The molecule has 1 aliphatic rings. The van der Waals surface area contributed by atoms with Crippen molar-refractivity contribution in [1.29, 1.82) is 0 Å². The van der Waals surface area contributed by atoms with E-state index in [1.54, 1.807) is 18.2 Å². The van der Waals surface area contributed by atoms with Gasteiger partial charge in [0.1, 0.15) is 6.04 Å². The highest BCUT2D eigenvalue weighted by Crippen LogP contribution is 2.33. The Morgan fingerprint density at radius 3 is 2.48 bits per heavy atom. The molecule has 2 rings (SSSR count). The van der Waals surface area contributed by atoms with E-state index in [1.165, 1.54) is 12.1 Å². The topological polar surface area (TPSA) is 66.4 Å². The first-order valence-electron chi connectivity index (χ1n) is 11.7. The van der Waals surface area contributed by atoms with Gasteiger partial charge in [-0.1, -0.05) is 44.0 Å². The summed E-state index contributed by atoms with van der Waals surface area (Å²) in [5, 5.41) is 11.8.